The number of aliphatic hydroxyl groups excluding tert-OH is 1. The summed E-state index contributed by atoms with van der Waals surface area (Å²) in [6.45, 7) is 1.82. The Balaban J connectivity index is 2.22. The van der Waals surface area contributed by atoms with Crippen molar-refractivity contribution in [2.24, 2.45) is 0 Å². The van der Waals surface area contributed by atoms with Crippen LogP contribution >= 0.6 is 0 Å². The maximum absolute atomic E-state index is 11.9. The minimum absolute atomic E-state index is 0.0556. The monoisotopic (exact) mass is 271 g/mol. The maximum atomic E-state index is 11.9. The Bertz CT molecular complexity index is 551. The van der Waals surface area contributed by atoms with Crippen LogP contribution in [-0.2, 0) is 19.2 Å². The lowest BCUT2D eigenvalue weighted by Crippen LogP contribution is -2.35. The van der Waals surface area contributed by atoms with Crippen LogP contribution in [0.25, 0.3) is 0 Å². The predicted molar refractivity (Wildman–Crippen MR) is 61.5 cm³/mol. The van der Waals surface area contributed by atoms with Crippen molar-refractivity contribution in [1.82, 2.24) is 5.06 Å². The van der Waals surface area contributed by atoms with Crippen molar-refractivity contribution in [1.29, 1.82) is 0 Å². The van der Waals surface area contributed by atoms with Gasteiger partial charge in [0.25, 0.3) is 0 Å². The smallest absolute Gasteiger partial charge is 0.317 e. The number of carbonyl (C=O) groups is 1. The standard InChI is InChI=1S/C11H13NO5S/c1-8-2-4-9(5-3-8)18(15,16)17-12-10(13)6-7-11(12)14/h2-5,10,13H,6-7H2,1H3. The second kappa shape index (κ2) is 4.68. The fourth-order valence-electron chi connectivity index (χ4n) is 1.59. The van der Waals surface area contributed by atoms with E-state index in [1.807, 2.05) is 6.92 Å². The first kappa shape index (κ1) is 13.0. The molecule has 0 bridgehead atoms. The van der Waals surface area contributed by atoms with Gasteiger partial charge in [-0.3, -0.25) is 4.79 Å². The predicted octanol–water partition coefficient (Wildman–Crippen LogP) is 0.556. The van der Waals surface area contributed by atoms with Crippen molar-refractivity contribution in [2.75, 3.05) is 0 Å². The molecule has 0 saturated carbocycles. The molecule has 1 aromatic rings. The number of hydroxylamine groups is 2. The number of nitrogens with zero attached hydrogens (tertiary/aromatic N) is 1. The molecule has 1 aliphatic rings. The number of hydrogen-bond donors (Lipinski definition) is 1. The molecule has 1 saturated heterocycles. The van der Waals surface area contributed by atoms with E-state index in [4.69, 9.17) is 0 Å². The number of amides is 1. The van der Waals surface area contributed by atoms with Crippen LogP contribution < -0.4 is 0 Å². The van der Waals surface area contributed by atoms with Gasteiger partial charge in [-0.25, -0.2) is 0 Å². The number of hydrogen-bond acceptors (Lipinski definition) is 5. The van der Waals surface area contributed by atoms with Crippen LogP contribution in [0.1, 0.15) is 18.4 Å². The van der Waals surface area contributed by atoms with Gasteiger partial charge in [-0.2, -0.15) is 13.5 Å². The summed E-state index contributed by atoms with van der Waals surface area (Å²) in [5, 5.41) is 9.94. The molecule has 0 radical (unpaired) electrons. The van der Waals surface area contributed by atoms with Crippen molar-refractivity contribution in [3.05, 3.63) is 29.8 Å². The number of carbonyl (C=O) groups excluding carboxylic acids is 1. The maximum Gasteiger partial charge on any atom is 0.317 e. The SMILES string of the molecule is Cc1ccc(S(=O)(=O)ON2C(=O)CCC2O)cc1. The average molecular weight is 271 g/mol. The first-order valence-electron chi connectivity index (χ1n) is 5.41. The molecule has 1 unspecified atom stereocenters. The van der Waals surface area contributed by atoms with Crippen LogP contribution in [-0.4, -0.2) is 30.7 Å². The van der Waals surface area contributed by atoms with Gasteiger partial charge in [-0.1, -0.05) is 17.7 Å². The molecule has 1 atom stereocenters. The van der Waals surface area contributed by atoms with Crippen LogP contribution in [0.3, 0.4) is 0 Å². The fraction of sp³-hybridized carbons (Fsp3) is 0.364. The number of rotatable bonds is 3. The molecule has 1 heterocycles. The molecule has 1 aliphatic heterocycles. The van der Waals surface area contributed by atoms with Crippen molar-refractivity contribution in [3.63, 3.8) is 0 Å². The molecule has 0 aromatic heterocycles. The molecular formula is C11H13NO5S. The van der Waals surface area contributed by atoms with Crippen molar-refractivity contribution in [3.8, 4) is 0 Å². The number of benzene rings is 1. The van der Waals surface area contributed by atoms with Gasteiger partial charge in [0.2, 0.25) is 5.91 Å². The van der Waals surface area contributed by atoms with Crippen LogP contribution in [0.15, 0.2) is 29.2 Å². The zero-order valence-electron chi connectivity index (χ0n) is 9.74. The van der Waals surface area contributed by atoms with Crippen LogP contribution in [0.4, 0.5) is 0 Å². The third-order valence-electron chi connectivity index (χ3n) is 2.62. The molecule has 18 heavy (non-hydrogen) atoms. The van der Waals surface area contributed by atoms with Gasteiger partial charge in [0.1, 0.15) is 0 Å². The van der Waals surface area contributed by atoms with Gasteiger partial charge in [-0.05, 0) is 19.1 Å². The second-order valence-electron chi connectivity index (χ2n) is 4.08. The summed E-state index contributed by atoms with van der Waals surface area (Å²) in [5.41, 5.74) is 0.909. The Morgan fingerprint density at radius 2 is 1.94 bits per heavy atom. The van der Waals surface area contributed by atoms with E-state index in [0.717, 1.165) is 5.56 Å². The molecule has 2 rings (SSSR count). The highest BCUT2D eigenvalue weighted by molar-refractivity contribution is 7.86. The Labute approximate surface area is 105 Å². The minimum atomic E-state index is -4.08. The summed E-state index contributed by atoms with van der Waals surface area (Å²) in [4.78, 5) is 11.3. The average Bonchev–Trinajstić information content (AvgIpc) is 2.61. The lowest BCUT2D eigenvalue weighted by atomic mass is 10.2. The summed E-state index contributed by atoms with van der Waals surface area (Å²) in [6, 6.07) is 6.02. The summed E-state index contributed by atoms with van der Waals surface area (Å²) >= 11 is 0. The fourth-order valence-corrected chi connectivity index (χ4v) is 2.54. The molecule has 1 aromatic carbocycles. The van der Waals surface area contributed by atoms with Crippen LogP contribution in [0, 0.1) is 6.92 Å². The van der Waals surface area contributed by atoms with Gasteiger partial charge < -0.3 is 5.11 Å². The van der Waals surface area contributed by atoms with Crippen LogP contribution in [0.5, 0.6) is 0 Å². The summed E-state index contributed by atoms with van der Waals surface area (Å²) in [5.74, 6) is -0.543. The quantitative estimate of drug-likeness (QED) is 0.868. The zero-order chi connectivity index (χ0) is 13.3. The Kier molecular flexibility index (Phi) is 3.38. The minimum Gasteiger partial charge on any atom is -0.371 e. The van der Waals surface area contributed by atoms with Gasteiger partial charge in [-0.15, -0.1) is 4.28 Å². The van der Waals surface area contributed by atoms with E-state index in [-0.39, 0.29) is 17.7 Å². The third-order valence-corrected chi connectivity index (χ3v) is 3.83. The topological polar surface area (TPSA) is 83.9 Å². The van der Waals surface area contributed by atoms with E-state index in [1.54, 1.807) is 12.1 Å². The molecule has 1 fully saturated rings. The lowest BCUT2D eigenvalue weighted by molar-refractivity contribution is -0.175. The molecule has 0 spiro atoms. The largest absolute Gasteiger partial charge is 0.371 e. The van der Waals surface area contributed by atoms with E-state index in [0.29, 0.717) is 5.06 Å². The van der Waals surface area contributed by atoms with E-state index < -0.39 is 22.3 Å². The first-order chi connectivity index (χ1) is 8.40. The summed E-state index contributed by atoms with van der Waals surface area (Å²) in [7, 11) is -4.08. The Morgan fingerprint density at radius 3 is 2.44 bits per heavy atom. The van der Waals surface area contributed by atoms with Crippen molar-refractivity contribution < 1.29 is 22.6 Å². The number of aryl methyl sites for hydroxylation is 1. The van der Waals surface area contributed by atoms with Gasteiger partial charge in [0, 0.05) is 12.8 Å². The normalized spacial score (nSPS) is 20.4. The highest BCUT2D eigenvalue weighted by Crippen LogP contribution is 2.22. The van der Waals surface area contributed by atoms with Crippen molar-refractivity contribution in [2.45, 2.75) is 30.9 Å². The third kappa shape index (κ3) is 2.53. The molecule has 6 nitrogen and oxygen atoms in total. The summed E-state index contributed by atoms with van der Waals surface area (Å²) < 4.78 is 28.4. The number of aliphatic hydroxyl groups is 1. The molecule has 7 heteroatoms. The zero-order valence-corrected chi connectivity index (χ0v) is 10.6. The van der Waals surface area contributed by atoms with E-state index in [9.17, 15) is 18.3 Å². The van der Waals surface area contributed by atoms with Crippen molar-refractivity contribution >= 4 is 16.0 Å². The van der Waals surface area contributed by atoms with Crippen LogP contribution in [0.2, 0.25) is 0 Å². The highest BCUT2D eigenvalue weighted by Gasteiger charge is 2.35. The summed E-state index contributed by atoms with van der Waals surface area (Å²) in [6.07, 6.45) is -0.968. The molecule has 1 amide bonds. The van der Waals surface area contributed by atoms with E-state index in [2.05, 4.69) is 4.28 Å². The molecular weight excluding hydrogens is 258 g/mol. The molecule has 1 N–H and O–H groups in total. The first-order valence-corrected chi connectivity index (χ1v) is 6.82. The molecule has 0 aliphatic carbocycles. The Morgan fingerprint density at radius 1 is 1.33 bits per heavy atom. The van der Waals surface area contributed by atoms with E-state index >= 15 is 0 Å². The Hall–Kier alpha value is -1.44. The molecule has 98 valence electrons. The second-order valence-corrected chi connectivity index (χ2v) is 5.61. The van der Waals surface area contributed by atoms with Gasteiger partial charge in [0.05, 0.1) is 4.90 Å². The van der Waals surface area contributed by atoms with E-state index in [1.165, 1.54) is 12.1 Å². The highest BCUT2D eigenvalue weighted by atomic mass is 32.2. The van der Waals surface area contributed by atoms with Gasteiger partial charge >= 0.3 is 10.1 Å². The van der Waals surface area contributed by atoms with Gasteiger partial charge in [0.15, 0.2) is 6.23 Å². The lowest BCUT2D eigenvalue weighted by Gasteiger charge is -2.18.